The Morgan fingerprint density at radius 1 is 1.62 bits per heavy atom. The Labute approximate surface area is 79.3 Å². The van der Waals surface area contributed by atoms with E-state index in [0.29, 0.717) is 6.54 Å². The SMILES string of the molecule is CCOCCCNCC(C)C(=O)O. The Kier molecular flexibility index (Phi) is 7.63. The summed E-state index contributed by atoms with van der Waals surface area (Å²) in [7, 11) is 0. The van der Waals surface area contributed by atoms with E-state index in [-0.39, 0.29) is 5.92 Å². The summed E-state index contributed by atoms with van der Waals surface area (Å²) in [5, 5.41) is 11.6. The van der Waals surface area contributed by atoms with Crippen LogP contribution in [0.2, 0.25) is 0 Å². The molecule has 0 aliphatic carbocycles. The third-order valence-corrected chi connectivity index (χ3v) is 1.72. The quantitative estimate of drug-likeness (QED) is 0.552. The molecule has 0 aromatic rings. The fraction of sp³-hybridized carbons (Fsp3) is 0.889. The van der Waals surface area contributed by atoms with Gasteiger partial charge in [-0.3, -0.25) is 4.79 Å². The lowest BCUT2D eigenvalue weighted by atomic mass is 10.2. The molecule has 0 fully saturated rings. The minimum atomic E-state index is -0.752. The maximum absolute atomic E-state index is 10.4. The number of rotatable bonds is 8. The number of carboxylic acids is 1. The lowest BCUT2D eigenvalue weighted by Gasteiger charge is -2.07. The molecule has 0 aromatic heterocycles. The summed E-state index contributed by atoms with van der Waals surface area (Å²) in [5.74, 6) is -1.07. The van der Waals surface area contributed by atoms with Crippen LogP contribution in [-0.4, -0.2) is 37.4 Å². The largest absolute Gasteiger partial charge is 0.481 e. The lowest BCUT2D eigenvalue weighted by molar-refractivity contribution is -0.140. The van der Waals surface area contributed by atoms with Crippen LogP contribution >= 0.6 is 0 Å². The van der Waals surface area contributed by atoms with E-state index < -0.39 is 5.97 Å². The van der Waals surface area contributed by atoms with Crippen LogP contribution in [0.1, 0.15) is 20.3 Å². The van der Waals surface area contributed by atoms with Gasteiger partial charge in [-0.2, -0.15) is 0 Å². The van der Waals surface area contributed by atoms with Gasteiger partial charge in [-0.25, -0.2) is 0 Å². The number of hydrogen-bond donors (Lipinski definition) is 2. The molecule has 0 saturated carbocycles. The van der Waals surface area contributed by atoms with Gasteiger partial charge in [0.05, 0.1) is 5.92 Å². The summed E-state index contributed by atoms with van der Waals surface area (Å²) in [4.78, 5) is 10.4. The van der Waals surface area contributed by atoms with Crippen molar-refractivity contribution in [3.8, 4) is 0 Å². The van der Waals surface area contributed by atoms with Crippen molar-refractivity contribution in [1.82, 2.24) is 5.32 Å². The highest BCUT2D eigenvalue weighted by atomic mass is 16.5. The van der Waals surface area contributed by atoms with Gasteiger partial charge in [0.2, 0.25) is 0 Å². The Bertz CT molecular complexity index is 139. The second-order valence-corrected chi connectivity index (χ2v) is 2.99. The normalized spacial score (nSPS) is 12.8. The maximum Gasteiger partial charge on any atom is 0.307 e. The van der Waals surface area contributed by atoms with Gasteiger partial charge in [0.15, 0.2) is 0 Å². The molecule has 78 valence electrons. The van der Waals surface area contributed by atoms with Gasteiger partial charge in [-0.1, -0.05) is 6.92 Å². The highest BCUT2D eigenvalue weighted by Crippen LogP contribution is 1.91. The molecule has 1 atom stereocenters. The second kappa shape index (κ2) is 8.01. The summed E-state index contributed by atoms with van der Waals surface area (Å²) in [5.41, 5.74) is 0. The van der Waals surface area contributed by atoms with E-state index >= 15 is 0 Å². The number of carboxylic acid groups (broad SMARTS) is 1. The average Bonchev–Trinajstić information content (AvgIpc) is 2.10. The molecule has 1 unspecified atom stereocenters. The molecule has 0 bridgehead atoms. The van der Waals surface area contributed by atoms with Crippen LogP contribution in [0.5, 0.6) is 0 Å². The summed E-state index contributed by atoms with van der Waals surface area (Å²) >= 11 is 0. The molecule has 0 radical (unpaired) electrons. The van der Waals surface area contributed by atoms with E-state index in [4.69, 9.17) is 9.84 Å². The highest BCUT2D eigenvalue weighted by Gasteiger charge is 2.08. The summed E-state index contributed by atoms with van der Waals surface area (Å²) < 4.78 is 5.13. The van der Waals surface area contributed by atoms with Crippen LogP contribution in [0.4, 0.5) is 0 Å². The molecular weight excluding hydrogens is 170 g/mol. The highest BCUT2D eigenvalue weighted by molar-refractivity contribution is 5.69. The molecule has 0 heterocycles. The molecule has 0 rings (SSSR count). The van der Waals surface area contributed by atoms with E-state index in [0.717, 1.165) is 26.2 Å². The molecular formula is C9H19NO3. The predicted molar refractivity (Wildman–Crippen MR) is 50.8 cm³/mol. The molecule has 0 aromatic carbocycles. The lowest BCUT2D eigenvalue weighted by Crippen LogP contribution is -2.27. The minimum absolute atomic E-state index is 0.313. The number of ether oxygens (including phenoxy) is 1. The van der Waals surface area contributed by atoms with Gasteiger partial charge in [0.25, 0.3) is 0 Å². The van der Waals surface area contributed by atoms with Crippen molar-refractivity contribution < 1.29 is 14.6 Å². The minimum Gasteiger partial charge on any atom is -0.481 e. The first-order chi connectivity index (χ1) is 6.18. The van der Waals surface area contributed by atoms with Crippen LogP contribution in [0.3, 0.4) is 0 Å². The van der Waals surface area contributed by atoms with Crippen molar-refractivity contribution in [3.05, 3.63) is 0 Å². The molecule has 0 saturated heterocycles. The summed E-state index contributed by atoms with van der Waals surface area (Å²) in [6, 6.07) is 0. The Morgan fingerprint density at radius 3 is 2.85 bits per heavy atom. The van der Waals surface area contributed by atoms with E-state index in [2.05, 4.69) is 5.32 Å². The third-order valence-electron chi connectivity index (χ3n) is 1.72. The zero-order valence-corrected chi connectivity index (χ0v) is 8.38. The first-order valence-electron chi connectivity index (χ1n) is 4.69. The number of hydrogen-bond acceptors (Lipinski definition) is 3. The van der Waals surface area contributed by atoms with Crippen LogP contribution in [0.15, 0.2) is 0 Å². The van der Waals surface area contributed by atoms with Gasteiger partial charge in [0.1, 0.15) is 0 Å². The fourth-order valence-corrected chi connectivity index (χ4v) is 0.849. The smallest absolute Gasteiger partial charge is 0.307 e. The van der Waals surface area contributed by atoms with Gasteiger partial charge in [-0.05, 0) is 19.9 Å². The average molecular weight is 189 g/mol. The predicted octanol–water partition coefficient (Wildman–Crippen LogP) is 0.723. The van der Waals surface area contributed by atoms with Crippen molar-refractivity contribution in [2.75, 3.05) is 26.3 Å². The number of nitrogens with one attached hydrogen (secondary N) is 1. The topological polar surface area (TPSA) is 58.6 Å². The Morgan fingerprint density at radius 2 is 2.31 bits per heavy atom. The monoisotopic (exact) mass is 189 g/mol. The van der Waals surface area contributed by atoms with Crippen LogP contribution in [0, 0.1) is 5.92 Å². The van der Waals surface area contributed by atoms with Gasteiger partial charge < -0.3 is 15.2 Å². The summed E-state index contributed by atoms with van der Waals surface area (Å²) in [6.07, 6.45) is 0.931. The van der Waals surface area contributed by atoms with Crippen LogP contribution < -0.4 is 5.32 Å². The van der Waals surface area contributed by atoms with Crippen molar-refractivity contribution in [3.63, 3.8) is 0 Å². The van der Waals surface area contributed by atoms with Crippen LogP contribution in [-0.2, 0) is 9.53 Å². The molecule has 0 spiro atoms. The fourth-order valence-electron chi connectivity index (χ4n) is 0.849. The Hall–Kier alpha value is -0.610. The molecule has 4 nitrogen and oxygen atoms in total. The van der Waals surface area contributed by atoms with Crippen molar-refractivity contribution in [1.29, 1.82) is 0 Å². The van der Waals surface area contributed by atoms with Gasteiger partial charge >= 0.3 is 5.97 Å². The first-order valence-corrected chi connectivity index (χ1v) is 4.69. The Balaban J connectivity index is 3.11. The van der Waals surface area contributed by atoms with Gasteiger partial charge in [0, 0.05) is 19.8 Å². The second-order valence-electron chi connectivity index (χ2n) is 2.99. The number of carbonyl (C=O) groups is 1. The van der Waals surface area contributed by atoms with E-state index in [1.807, 2.05) is 6.92 Å². The summed E-state index contributed by atoms with van der Waals surface area (Å²) in [6.45, 7) is 6.48. The molecule has 0 aliphatic rings. The standard InChI is InChI=1S/C9H19NO3/c1-3-13-6-4-5-10-7-8(2)9(11)12/h8,10H,3-7H2,1-2H3,(H,11,12). The van der Waals surface area contributed by atoms with E-state index in [1.165, 1.54) is 0 Å². The van der Waals surface area contributed by atoms with E-state index in [9.17, 15) is 4.79 Å². The van der Waals surface area contributed by atoms with Crippen molar-refractivity contribution >= 4 is 5.97 Å². The zero-order valence-electron chi connectivity index (χ0n) is 8.38. The molecule has 4 heteroatoms. The van der Waals surface area contributed by atoms with Crippen molar-refractivity contribution in [2.24, 2.45) is 5.92 Å². The zero-order chi connectivity index (χ0) is 10.1. The van der Waals surface area contributed by atoms with E-state index in [1.54, 1.807) is 6.92 Å². The molecule has 13 heavy (non-hydrogen) atoms. The maximum atomic E-state index is 10.4. The number of aliphatic carboxylic acids is 1. The van der Waals surface area contributed by atoms with Gasteiger partial charge in [-0.15, -0.1) is 0 Å². The van der Waals surface area contributed by atoms with Crippen LogP contribution in [0.25, 0.3) is 0 Å². The molecule has 0 amide bonds. The molecule has 2 N–H and O–H groups in total. The molecule has 0 aliphatic heterocycles. The first kappa shape index (κ1) is 12.4. The third kappa shape index (κ3) is 7.74. The van der Waals surface area contributed by atoms with Crippen molar-refractivity contribution in [2.45, 2.75) is 20.3 Å².